The maximum Gasteiger partial charge on any atom is 0.276 e. The first-order valence-corrected chi connectivity index (χ1v) is 19.9. The second-order valence-electron chi connectivity index (χ2n) is 9.90. The number of carbonyl (C=O) groups excluding carboxylic acids is 6. The van der Waals surface area contributed by atoms with Crippen molar-refractivity contribution < 1.29 is 72.9 Å². The molecule has 0 aliphatic heterocycles. The van der Waals surface area contributed by atoms with E-state index in [1.165, 1.54) is 6.92 Å². The Hall–Kier alpha value is -2.59. The summed E-state index contributed by atoms with van der Waals surface area (Å²) in [5.74, 6) is -1.94. The summed E-state index contributed by atoms with van der Waals surface area (Å²) in [4.78, 5) is 72.7. The second kappa shape index (κ2) is 22.0. The van der Waals surface area contributed by atoms with E-state index < -0.39 is 90.4 Å². The largest absolute Gasteiger partial charge is 0.355 e. The van der Waals surface area contributed by atoms with Crippen LogP contribution in [0.5, 0.6) is 0 Å². The third-order valence-corrected chi connectivity index (χ3v) is 8.13. The third-order valence-electron chi connectivity index (χ3n) is 4.62. The molecule has 0 aromatic rings. The predicted octanol–water partition coefficient (Wildman–Crippen LogP) is -2.56. The molecule has 23 heteroatoms. The number of hydrogen-bond acceptors (Lipinski definition) is 12. The van der Waals surface area contributed by atoms with Crippen molar-refractivity contribution in [2.24, 2.45) is 17.8 Å². The Kier molecular flexibility index (Phi) is 22.9. The first-order chi connectivity index (χ1) is 20.2. The van der Waals surface area contributed by atoms with Crippen molar-refractivity contribution in [1.82, 2.24) is 16.0 Å². The van der Waals surface area contributed by atoms with Gasteiger partial charge < -0.3 is 39.8 Å². The number of amides is 3. The fourth-order valence-electron chi connectivity index (χ4n) is 2.32. The summed E-state index contributed by atoms with van der Waals surface area (Å²) in [6.07, 6.45) is 0.754. The lowest BCUT2D eigenvalue weighted by molar-refractivity contribution is -0.121. The van der Waals surface area contributed by atoms with Crippen molar-refractivity contribution in [3.63, 3.8) is 0 Å². The highest BCUT2D eigenvalue weighted by atomic mass is 32.2. The van der Waals surface area contributed by atoms with E-state index in [-0.39, 0.29) is 31.5 Å². The average molecular weight is 732 g/mol. The van der Waals surface area contributed by atoms with E-state index in [0.717, 1.165) is 6.66 Å². The van der Waals surface area contributed by atoms with Crippen LogP contribution in [0.15, 0.2) is 0 Å². The van der Waals surface area contributed by atoms with Crippen molar-refractivity contribution in [2.75, 3.05) is 44.0 Å². The van der Waals surface area contributed by atoms with Crippen LogP contribution in [0.3, 0.4) is 0 Å². The SMILES string of the molecule is C=S(=O)(O)CC(=O)NCC(C)C=O.CC(C=O)CNC(=O)C(CCS(=O)(=O)O)S(=O)(=O)O.CC(C=O)CNC(=O)CP(C)(=O)O. The van der Waals surface area contributed by atoms with Gasteiger partial charge in [0.2, 0.25) is 25.1 Å². The van der Waals surface area contributed by atoms with E-state index in [1.54, 1.807) is 13.8 Å². The molecule has 3 amide bonds. The van der Waals surface area contributed by atoms with Crippen LogP contribution in [0.2, 0.25) is 0 Å². The molecule has 0 spiro atoms. The van der Waals surface area contributed by atoms with E-state index in [9.17, 15) is 54.4 Å². The van der Waals surface area contributed by atoms with Crippen LogP contribution < -0.4 is 16.0 Å². The molecule has 0 radical (unpaired) electrons. The molecule has 6 atom stereocenters. The van der Waals surface area contributed by atoms with Gasteiger partial charge >= 0.3 is 0 Å². The summed E-state index contributed by atoms with van der Waals surface area (Å²) in [5, 5.41) is 4.80. The summed E-state index contributed by atoms with van der Waals surface area (Å²) in [5.41, 5.74) is 0. The summed E-state index contributed by atoms with van der Waals surface area (Å²) in [6.45, 7) is 6.11. The van der Waals surface area contributed by atoms with Gasteiger partial charge in [-0.2, -0.15) is 16.8 Å². The van der Waals surface area contributed by atoms with Gasteiger partial charge in [0.25, 0.3) is 20.2 Å². The van der Waals surface area contributed by atoms with Crippen molar-refractivity contribution in [2.45, 2.75) is 32.4 Å². The zero-order valence-corrected chi connectivity index (χ0v) is 28.4. The molecule has 0 fully saturated rings. The maximum atomic E-state index is 11.5. The van der Waals surface area contributed by atoms with Crippen LogP contribution in [-0.4, -0.2) is 131 Å². The molecular weight excluding hydrogens is 689 g/mol. The van der Waals surface area contributed by atoms with Gasteiger partial charge in [-0.1, -0.05) is 20.8 Å². The predicted molar refractivity (Wildman–Crippen MR) is 164 cm³/mol. The van der Waals surface area contributed by atoms with Gasteiger partial charge in [-0.05, 0) is 12.3 Å². The molecule has 0 bridgehead atoms. The Bertz CT molecular complexity index is 1360. The van der Waals surface area contributed by atoms with E-state index in [1.807, 2.05) is 0 Å². The molecule has 19 nitrogen and oxygen atoms in total. The lowest BCUT2D eigenvalue weighted by Gasteiger charge is -2.14. The molecule has 264 valence electrons. The minimum Gasteiger partial charge on any atom is -0.355 e. The lowest BCUT2D eigenvalue weighted by atomic mass is 10.2. The van der Waals surface area contributed by atoms with Crippen molar-refractivity contribution in [3.8, 4) is 0 Å². The fraction of sp³-hybridized carbons (Fsp3) is 0.682. The Labute approximate surface area is 262 Å². The number of aldehydes is 3. The van der Waals surface area contributed by atoms with Crippen LogP contribution in [0.25, 0.3) is 0 Å². The van der Waals surface area contributed by atoms with E-state index >= 15 is 0 Å². The third kappa shape index (κ3) is 32.6. The highest BCUT2D eigenvalue weighted by Gasteiger charge is 2.32. The average Bonchev–Trinajstić information content (AvgIpc) is 2.86. The lowest BCUT2D eigenvalue weighted by Crippen LogP contribution is -2.42. The molecule has 45 heavy (non-hydrogen) atoms. The molecule has 0 aromatic heterocycles. The smallest absolute Gasteiger partial charge is 0.276 e. The molecule has 0 rings (SSSR count). The summed E-state index contributed by atoms with van der Waals surface area (Å²) >= 11 is 0. The zero-order valence-electron chi connectivity index (χ0n) is 25.1. The Morgan fingerprint density at radius 1 is 0.778 bits per heavy atom. The molecule has 7 N–H and O–H groups in total. The van der Waals surface area contributed by atoms with Crippen molar-refractivity contribution in [3.05, 3.63) is 0 Å². The first kappa shape index (κ1) is 46.8. The van der Waals surface area contributed by atoms with E-state index in [4.69, 9.17) is 18.6 Å². The maximum absolute atomic E-state index is 11.5. The minimum atomic E-state index is -4.82. The minimum absolute atomic E-state index is 0.153. The Balaban J connectivity index is -0.000000606. The highest BCUT2D eigenvalue weighted by Crippen LogP contribution is 2.33. The number of rotatable bonds is 18. The van der Waals surface area contributed by atoms with Gasteiger partial charge in [0.05, 0.1) is 15.6 Å². The fourth-order valence-corrected chi connectivity index (χ4v) is 4.93. The van der Waals surface area contributed by atoms with E-state index in [2.05, 4.69) is 21.8 Å². The van der Waals surface area contributed by atoms with Gasteiger partial charge in [-0.15, -0.1) is 0 Å². The van der Waals surface area contributed by atoms with Gasteiger partial charge in [0.15, 0.2) is 5.25 Å². The van der Waals surface area contributed by atoms with Gasteiger partial charge in [-0.25, -0.2) is 4.21 Å². The molecule has 6 unspecified atom stereocenters. The van der Waals surface area contributed by atoms with Crippen molar-refractivity contribution >= 4 is 79.9 Å². The monoisotopic (exact) mass is 731 g/mol. The van der Waals surface area contributed by atoms with Crippen LogP contribution in [-0.2, 0) is 63.4 Å². The molecule has 0 saturated carbocycles. The molecule has 0 heterocycles. The van der Waals surface area contributed by atoms with Crippen LogP contribution in [0, 0.1) is 17.8 Å². The normalized spacial score (nSPS) is 16.4. The molecule has 0 saturated heterocycles. The molecule has 0 aromatic carbocycles. The summed E-state index contributed by atoms with van der Waals surface area (Å²) in [7, 11) is -15.8. The number of hydrogen-bond donors (Lipinski definition) is 7. The van der Waals surface area contributed by atoms with Crippen LogP contribution in [0.4, 0.5) is 0 Å². The zero-order chi connectivity index (χ0) is 36.2. The van der Waals surface area contributed by atoms with Gasteiger partial charge in [-0.3, -0.25) is 28.1 Å². The molecule has 0 aliphatic rings. The standard InChI is InChI=1S/C8H15NO8S2.C7H14NO4P.C7H13NO4S/c1-6(5-10)4-9-8(11)7(19(15,16)17)2-3-18(12,13)14;2*1-6(4-9)3-8-7(10)5-13(2,11)12/h5-7H,2-4H2,1H3,(H,9,11)(H,12,13,14)(H,15,16,17);4,6H,3,5H2,1-2H3,(H,8,10)(H,11,12);4,6H,2-3,5H2,1H3,(H,8,10)(H,11,12). The van der Waals surface area contributed by atoms with Crippen LogP contribution >= 0.6 is 7.37 Å². The number of nitrogens with one attached hydrogen (secondary N) is 3. The topological polar surface area (TPSA) is 322 Å². The van der Waals surface area contributed by atoms with Crippen LogP contribution in [0.1, 0.15) is 27.2 Å². The quantitative estimate of drug-likeness (QED) is 0.0330. The molecular formula is C22H42N3O16PS3. The van der Waals surface area contributed by atoms with E-state index in [0.29, 0.717) is 18.9 Å². The summed E-state index contributed by atoms with van der Waals surface area (Å²) in [6, 6.07) is 0. The number of carbonyl (C=O) groups is 6. The Morgan fingerprint density at radius 2 is 1.16 bits per heavy atom. The van der Waals surface area contributed by atoms with Crippen molar-refractivity contribution in [1.29, 1.82) is 0 Å². The second-order valence-corrected chi connectivity index (χ2v) is 17.3. The van der Waals surface area contributed by atoms with Gasteiger partial charge in [0, 0.05) is 44.1 Å². The Morgan fingerprint density at radius 3 is 1.47 bits per heavy atom. The first-order valence-electron chi connectivity index (χ1n) is 12.6. The van der Waals surface area contributed by atoms with Gasteiger partial charge in [0.1, 0.15) is 30.8 Å². The highest BCUT2D eigenvalue weighted by molar-refractivity contribution is 7.95. The summed E-state index contributed by atoms with van der Waals surface area (Å²) < 4.78 is 90.3. The molecule has 0 aliphatic carbocycles.